The molecule has 0 atom stereocenters. The molecule has 0 aliphatic heterocycles. The third-order valence-corrected chi connectivity index (χ3v) is 6.30. The van der Waals surface area contributed by atoms with Crippen molar-refractivity contribution in [3.63, 3.8) is 0 Å². The number of hydrogen-bond acceptors (Lipinski definition) is 6. The highest BCUT2D eigenvalue weighted by Crippen LogP contribution is 2.29. The van der Waals surface area contributed by atoms with E-state index < -0.39 is 17.2 Å². The van der Waals surface area contributed by atoms with Crippen molar-refractivity contribution in [3.8, 4) is 17.1 Å². The molecule has 0 fully saturated rings. The monoisotopic (exact) mass is 431 g/mol. The molecule has 5 nitrogen and oxygen atoms in total. The van der Waals surface area contributed by atoms with Crippen molar-refractivity contribution in [2.75, 3.05) is 13.4 Å². The highest BCUT2D eigenvalue weighted by Gasteiger charge is 2.20. The number of aromatic nitrogens is 3. The molecule has 4 rings (SSSR count). The molecule has 2 aromatic heterocycles. The highest BCUT2D eigenvalue weighted by molar-refractivity contribution is 8.00. The summed E-state index contributed by atoms with van der Waals surface area (Å²) in [6, 6.07) is 11.0. The predicted molar refractivity (Wildman–Crippen MR) is 111 cm³/mol. The molecule has 0 radical (unpaired) electrons. The van der Waals surface area contributed by atoms with Crippen LogP contribution in [0.2, 0.25) is 0 Å². The fraction of sp³-hybridized carbons (Fsp3) is 0.150. The van der Waals surface area contributed by atoms with Crippen molar-refractivity contribution in [2.45, 2.75) is 10.9 Å². The maximum atomic E-state index is 14.5. The van der Waals surface area contributed by atoms with Crippen LogP contribution in [0.1, 0.15) is 5.56 Å². The lowest BCUT2D eigenvalue weighted by atomic mass is 10.1. The average molecular weight is 431 g/mol. The number of fused-ring (bicyclic) bond motifs is 1. The zero-order valence-electron chi connectivity index (χ0n) is 15.5. The van der Waals surface area contributed by atoms with E-state index in [-0.39, 0.29) is 23.4 Å². The summed E-state index contributed by atoms with van der Waals surface area (Å²) in [4.78, 5) is 22.4. The van der Waals surface area contributed by atoms with E-state index in [4.69, 9.17) is 4.74 Å². The molecule has 0 spiro atoms. The van der Waals surface area contributed by atoms with Crippen LogP contribution >= 0.6 is 23.1 Å². The Morgan fingerprint density at radius 3 is 2.59 bits per heavy atom. The molecule has 0 amide bonds. The molecule has 4 aromatic rings. The Morgan fingerprint density at radius 2 is 1.90 bits per heavy atom. The molecule has 9 heteroatoms. The van der Waals surface area contributed by atoms with E-state index in [2.05, 4.69) is 9.97 Å². The first kappa shape index (κ1) is 19.5. The predicted octanol–water partition coefficient (Wildman–Crippen LogP) is 4.58. The van der Waals surface area contributed by atoms with Gasteiger partial charge in [0.1, 0.15) is 11.6 Å². The number of thiazole rings is 1. The number of hydrogen-bond donors (Lipinski definition) is 0. The molecule has 0 aliphatic rings. The van der Waals surface area contributed by atoms with E-state index in [1.54, 1.807) is 31.4 Å². The van der Waals surface area contributed by atoms with Crippen LogP contribution in [0.5, 0.6) is 5.75 Å². The van der Waals surface area contributed by atoms with Crippen LogP contribution in [0, 0.1) is 11.6 Å². The first-order valence-electron chi connectivity index (χ1n) is 8.54. The first-order chi connectivity index (χ1) is 14.0. The van der Waals surface area contributed by atoms with Gasteiger partial charge in [0.15, 0.2) is 26.3 Å². The quantitative estimate of drug-likeness (QED) is 0.433. The van der Waals surface area contributed by atoms with Crippen LogP contribution in [0.4, 0.5) is 8.78 Å². The van der Waals surface area contributed by atoms with Gasteiger partial charge in [-0.15, -0.1) is 0 Å². The second kappa shape index (κ2) is 7.92. The molecule has 0 saturated heterocycles. The van der Waals surface area contributed by atoms with Gasteiger partial charge in [0.2, 0.25) is 0 Å². The second-order valence-electron chi connectivity index (χ2n) is 6.11. The van der Waals surface area contributed by atoms with Crippen molar-refractivity contribution >= 4 is 33.4 Å². The lowest BCUT2D eigenvalue weighted by Gasteiger charge is -2.13. The van der Waals surface area contributed by atoms with Crippen LogP contribution in [-0.2, 0) is 6.54 Å². The normalized spacial score (nSPS) is 11.2. The van der Waals surface area contributed by atoms with Gasteiger partial charge in [-0.05, 0) is 36.1 Å². The summed E-state index contributed by atoms with van der Waals surface area (Å²) < 4.78 is 35.6. The molecular weight excluding hydrogens is 416 g/mol. The summed E-state index contributed by atoms with van der Waals surface area (Å²) in [7, 11) is 1.56. The van der Waals surface area contributed by atoms with Gasteiger partial charge in [0, 0.05) is 0 Å². The molecule has 0 N–H and O–H groups in total. The van der Waals surface area contributed by atoms with E-state index in [1.807, 2.05) is 6.26 Å². The summed E-state index contributed by atoms with van der Waals surface area (Å²) in [5, 5.41) is 0. The molecule has 29 heavy (non-hydrogen) atoms. The van der Waals surface area contributed by atoms with Crippen LogP contribution < -0.4 is 10.3 Å². The van der Waals surface area contributed by atoms with Gasteiger partial charge in [-0.3, -0.25) is 9.36 Å². The molecule has 148 valence electrons. The largest absolute Gasteiger partial charge is 0.497 e. The number of ether oxygens (including phenoxy) is 1. The second-order valence-corrected chi connectivity index (χ2v) is 8.14. The molecule has 0 saturated carbocycles. The van der Waals surface area contributed by atoms with Crippen LogP contribution in [0.3, 0.4) is 0 Å². The van der Waals surface area contributed by atoms with Gasteiger partial charge >= 0.3 is 0 Å². The van der Waals surface area contributed by atoms with E-state index in [0.717, 1.165) is 11.6 Å². The van der Waals surface area contributed by atoms with Crippen molar-refractivity contribution < 1.29 is 13.5 Å². The summed E-state index contributed by atoms with van der Waals surface area (Å²) in [6.45, 7) is 0.128. The Kier molecular flexibility index (Phi) is 5.33. The SMILES string of the molecule is COc1ccc(Cn2c(-c3cccc(F)c3F)nc3sc(SC)nc3c2=O)cc1. The topological polar surface area (TPSA) is 57.0 Å². The smallest absolute Gasteiger partial charge is 0.281 e. The third kappa shape index (κ3) is 3.63. The first-order valence-corrected chi connectivity index (χ1v) is 10.6. The van der Waals surface area contributed by atoms with Crippen molar-refractivity contribution in [1.82, 2.24) is 14.5 Å². The lowest BCUT2D eigenvalue weighted by Crippen LogP contribution is -2.24. The van der Waals surface area contributed by atoms with E-state index >= 15 is 0 Å². The van der Waals surface area contributed by atoms with Gasteiger partial charge in [-0.2, -0.15) is 0 Å². The Balaban J connectivity index is 1.95. The van der Waals surface area contributed by atoms with E-state index in [9.17, 15) is 13.6 Å². The Bertz CT molecular complexity index is 1250. The van der Waals surface area contributed by atoms with Crippen molar-refractivity contribution in [3.05, 3.63) is 70.0 Å². The highest BCUT2D eigenvalue weighted by atomic mass is 32.2. The van der Waals surface area contributed by atoms with Crippen molar-refractivity contribution in [1.29, 1.82) is 0 Å². The van der Waals surface area contributed by atoms with E-state index in [1.165, 1.54) is 39.8 Å². The summed E-state index contributed by atoms with van der Waals surface area (Å²) in [5.74, 6) is -1.31. The molecule has 2 heterocycles. The molecule has 0 unspecified atom stereocenters. The zero-order valence-corrected chi connectivity index (χ0v) is 17.1. The summed E-state index contributed by atoms with van der Waals surface area (Å²) in [5.41, 5.74) is 0.526. The van der Waals surface area contributed by atoms with Gasteiger partial charge in [0.25, 0.3) is 5.56 Å². The number of rotatable bonds is 5. The molecule has 0 bridgehead atoms. The number of nitrogens with zero attached hydrogens (tertiary/aromatic N) is 3. The summed E-state index contributed by atoms with van der Waals surface area (Å²) in [6.07, 6.45) is 1.85. The Hall–Kier alpha value is -2.78. The van der Waals surface area contributed by atoms with Gasteiger partial charge < -0.3 is 4.74 Å². The van der Waals surface area contributed by atoms with Crippen molar-refractivity contribution in [2.24, 2.45) is 0 Å². The number of benzene rings is 2. The molecular formula is C20H15F2N3O2S2. The number of methoxy groups -OCH3 is 1. The minimum atomic E-state index is -1.04. The number of thioether (sulfide) groups is 1. The number of halogens is 2. The zero-order chi connectivity index (χ0) is 20.5. The van der Waals surface area contributed by atoms with Gasteiger partial charge in [0.05, 0.1) is 19.2 Å². The average Bonchev–Trinajstić information content (AvgIpc) is 3.16. The maximum Gasteiger partial charge on any atom is 0.281 e. The standard InChI is InChI=1S/C20H15F2N3O2S2/c1-27-12-8-6-11(7-9-12)10-25-17(13-4-3-5-14(21)15(13)22)24-18-16(19(25)26)23-20(28-2)29-18/h3-9H,10H2,1-2H3. The van der Waals surface area contributed by atoms with Gasteiger partial charge in [-0.25, -0.2) is 18.7 Å². The molecule has 0 aliphatic carbocycles. The van der Waals surface area contributed by atoms with Gasteiger partial charge in [-0.1, -0.05) is 41.3 Å². The van der Waals surface area contributed by atoms with Crippen LogP contribution in [-0.4, -0.2) is 27.9 Å². The van der Waals surface area contributed by atoms with Crippen LogP contribution in [0.15, 0.2) is 51.6 Å². The van der Waals surface area contributed by atoms with E-state index in [0.29, 0.717) is 14.9 Å². The fourth-order valence-electron chi connectivity index (χ4n) is 2.92. The van der Waals surface area contributed by atoms with Crippen LogP contribution in [0.25, 0.3) is 21.7 Å². The maximum absolute atomic E-state index is 14.5. The minimum Gasteiger partial charge on any atom is -0.497 e. The lowest BCUT2D eigenvalue weighted by molar-refractivity contribution is 0.414. The summed E-state index contributed by atoms with van der Waals surface area (Å²) >= 11 is 2.64. The minimum absolute atomic E-state index is 0.0617. The fourth-order valence-corrected chi connectivity index (χ4v) is 4.34. The Labute approximate surface area is 173 Å². The Morgan fingerprint density at radius 1 is 1.14 bits per heavy atom. The molecule has 2 aromatic carbocycles. The third-order valence-electron chi connectivity index (χ3n) is 4.37.